The fourth-order valence-corrected chi connectivity index (χ4v) is 2.14. The number of nitrogens with zero attached hydrogens (tertiary/aromatic N) is 2. The SMILES string of the molecule is CC(CN(C(=O)c1ccccc1)c1cccc(C#N)c1)C(=O)O. The summed E-state index contributed by atoms with van der Waals surface area (Å²) in [6, 6.07) is 17.2. The van der Waals surface area contributed by atoms with Crippen molar-refractivity contribution in [2.75, 3.05) is 11.4 Å². The molecule has 116 valence electrons. The quantitative estimate of drug-likeness (QED) is 0.920. The lowest BCUT2D eigenvalue weighted by atomic mass is 10.1. The van der Waals surface area contributed by atoms with Gasteiger partial charge in [0.2, 0.25) is 0 Å². The summed E-state index contributed by atoms with van der Waals surface area (Å²) in [4.78, 5) is 25.3. The number of anilines is 1. The van der Waals surface area contributed by atoms with E-state index in [-0.39, 0.29) is 12.5 Å². The van der Waals surface area contributed by atoms with Crippen LogP contribution in [-0.4, -0.2) is 23.5 Å². The van der Waals surface area contributed by atoms with Gasteiger partial charge in [-0.1, -0.05) is 31.2 Å². The fourth-order valence-electron chi connectivity index (χ4n) is 2.14. The minimum atomic E-state index is -0.979. The van der Waals surface area contributed by atoms with Gasteiger partial charge in [0.15, 0.2) is 0 Å². The maximum absolute atomic E-state index is 12.8. The molecule has 1 amide bonds. The van der Waals surface area contributed by atoms with E-state index in [9.17, 15) is 9.59 Å². The smallest absolute Gasteiger partial charge is 0.308 e. The van der Waals surface area contributed by atoms with Crippen LogP contribution in [0.1, 0.15) is 22.8 Å². The number of carbonyl (C=O) groups is 2. The van der Waals surface area contributed by atoms with Crippen LogP contribution < -0.4 is 4.90 Å². The number of rotatable bonds is 5. The summed E-state index contributed by atoms with van der Waals surface area (Å²) < 4.78 is 0. The highest BCUT2D eigenvalue weighted by Gasteiger charge is 2.23. The van der Waals surface area contributed by atoms with Crippen LogP contribution in [0.3, 0.4) is 0 Å². The molecule has 1 N–H and O–H groups in total. The Morgan fingerprint density at radius 1 is 1.17 bits per heavy atom. The van der Waals surface area contributed by atoms with Crippen molar-refractivity contribution in [3.05, 3.63) is 65.7 Å². The summed E-state index contributed by atoms with van der Waals surface area (Å²) in [6.07, 6.45) is 0. The zero-order valence-corrected chi connectivity index (χ0v) is 12.6. The summed E-state index contributed by atoms with van der Waals surface area (Å²) in [5, 5.41) is 18.2. The Morgan fingerprint density at radius 2 is 1.87 bits per heavy atom. The van der Waals surface area contributed by atoms with Crippen LogP contribution in [0.25, 0.3) is 0 Å². The van der Waals surface area contributed by atoms with Gasteiger partial charge in [-0.3, -0.25) is 9.59 Å². The highest BCUT2D eigenvalue weighted by molar-refractivity contribution is 6.06. The Kier molecular flexibility index (Phi) is 5.11. The minimum absolute atomic E-state index is 0.0257. The summed E-state index contributed by atoms with van der Waals surface area (Å²) in [6.45, 7) is 1.57. The Bertz CT molecular complexity index is 750. The Hall–Kier alpha value is -3.13. The number of benzene rings is 2. The van der Waals surface area contributed by atoms with Gasteiger partial charge in [0.1, 0.15) is 0 Å². The number of amides is 1. The molecule has 0 radical (unpaired) electrons. The van der Waals surface area contributed by atoms with Crippen LogP contribution in [0.15, 0.2) is 54.6 Å². The normalized spacial score (nSPS) is 11.3. The number of hydrogen-bond acceptors (Lipinski definition) is 3. The second-order valence-electron chi connectivity index (χ2n) is 5.18. The van der Waals surface area contributed by atoms with Gasteiger partial charge in [-0.2, -0.15) is 5.26 Å². The van der Waals surface area contributed by atoms with Gasteiger partial charge in [0.25, 0.3) is 5.91 Å². The van der Waals surface area contributed by atoms with E-state index in [1.807, 2.05) is 6.07 Å². The summed E-state index contributed by atoms with van der Waals surface area (Å²) >= 11 is 0. The maximum Gasteiger partial charge on any atom is 0.308 e. The molecule has 5 nitrogen and oxygen atoms in total. The van der Waals surface area contributed by atoms with Crippen molar-refractivity contribution in [3.63, 3.8) is 0 Å². The van der Waals surface area contributed by atoms with Crippen LogP contribution in [0, 0.1) is 17.2 Å². The number of hydrogen-bond donors (Lipinski definition) is 1. The summed E-state index contributed by atoms with van der Waals surface area (Å²) in [5.41, 5.74) is 1.38. The molecule has 1 unspecified atom stereocenters. The van der Waals surface area contributed by atoms with Gasteiger partial charge in [-0.05, 0) is 30.3 Å². The lowest BCUT2D eigenvalue weighted by Crippen LogP contribution is -2.37. The van der Waals surface area contributed by atoms with Crippen molar-refractivity contribution in [1.29, 1.82) is 5.26 Å². The van der Waals surface area contributed by atoms with Crippen molar-refractivity contribution in [1.82, 2.24) is 0 Å². The molecule has 0 aliphatic rings. The zero-order valence-electron chi connectivity index (χ0n) is 12.6. The van der Waals surface area contributed by atoms with E-state index in [0.29, 0.717) is 16.8 Å². The molecule has 2 rings (SSSR count). The van der Waals surface area contributed by atoms with Gasteiger partial charge >= 0.3 is 5.97 Å². The third kappa shape index (κ3) is 3.95. The molecule has 2 aromatic carbocycles. The first kappa shape index (κ1) is 16.2. The van der Waals surface area contributed by atoms with E-state index in [1.165, 1.54) is 4.90 Å². The van der Waals surface area contributed by atoms with E-state index in [4.69, 9.17) is 10.4 Å². The van der Waals surface area contributed by atoms with Gasteiger partial charge in [-0.15, -0.1) is 0 Å². The predicted molar refractivity (Wildman–Crippen MR) is 86.1 cm³/mol. The number of carbonyl (C=O) groups excluding carboxylic acids is 1. The van der Waals surface area contributed by atoms with Crippen molar-refractivity contribution < 1.29 is 14.7 Å². The number of carboxylic acids is 1. The van der Waals surface area contributed by atoms with Crippen LogP contribution in [0.4, 0.5) is 5.69 Å². The Morgan fingerprint density at radius 3 is 2.48 bits per heavy atom. The third-order valence-corrected chi connectivity index (χ3v) is 3.43. The largest absolute Gasteiger partial charge is 0.481 e. The standard InChI is InChI=1S/C18H16N2O3/c1-13(18(22)23)12-20(16-9-5-6-14(10-16)11-19)17(21)15-7-3-2-4-8-15/h2-10,13H,12H2,1H3,(H,22,23). The van der Waals surface area contributed by atoms with Crippen molar-refractivity contribution in [2.45, 2.75) is 6.92 Å². The van der Waals surface area contributed by atoms with E-state index in [2.05, 4.69) is 0 Å². The van der Waals surface area contributed by atoms with Crippen LogP contribution in [0.5, 0.6) is 0 Å². The van der Waals surface area contributed by atoms with Crippen molar-refractivity contribution in [2.24, 2.45) is 5.92 Å². The molecule has 0 aliphatic carbocycles. The first-order valence-corrected chi connectivity index (χ1v) is 7.13. The van der Waals surface area contributed by atoms with Crippen LogP contribution in [-0.2, 0) is 4.79 Å². The topological polar surface area (TPSA) is 81.4 Å². The number of carboxylic acid groups (broad SMARTS) is 1. The summed E-state index contributed by atoms with van der Waals surface area (Å²) in [5.74, 6) is -2.01. The van der Waals surface area contributed by atoms with Crippen molar-refractivity contribution in [3.8, 4) is 6.07 Å². The molecular weight excluding hydrogens is 292 g/mol. The number of aliphatic carboxylic acids is 1. The minimum Gasteiger partial charge on any atom is -0.481 e. The lowest BCUT2D eigenvalue weighted by molar-refractivity contribution is -0.140. The monoisotopic (exact) mass is 308 g/mol. The molecule has 0 saturated heterocycles. The van der Waals surface area contributed by atoms with Gasteiger partial charge < -0.3 is 10.0 Å². The second kappa shape index (κ2) is 7.23. The lowest BCUT2D eigenvalue weighted by Gasteiger charge is -2.25. The molecule has 0 aliphatic heterocycles. The molecule has 1 atom stereocenters. The van der Waals surface area contributed by atoms with E-state index < -0.39 is 11.9 Å². The molecule has 0 bridgehead atoms. The van der Waals surface area contributed by atoms with Crippen molar-refractivity contribution >= 4 is 17.6 Å². The average molecular weight is 308 g/mol. The van der Waals surface area contributed by atoms with Gasteiger partial charge in [-0.25, -0.2) is 0 Å². The van der Waals surface area contributed by atoms with Crippen LogP contribution >= 0.6 is 0 Å². The molecule has 0 aromatic heterocycles. The molecule has 0 heterocycles. The average Bonchev–Trinajstić information content (AvgIpc) is 2.59. The first-order chi connectivity index (χ1) is 11.0. The molecule has 2 aromatic rings. The Labute approximate surface area is 134 Å². The molecule has 5 heteroatoms. The predicted octanol–water partition coefficient (Wildman–Crippen LogP) is 2.93. The zero-order chi connectivity index (χ0) is 16.8. The molecule has 0 spiro atoms. The number of nitriles is 1. The second-order valence-corrected chi connectivity index (χ2v) is 5.18. The summed E-state index contributed by atoms with van der Waals surface area (Å²) in [7, 11) is 0. The maximum atomic E-state index is 12.8. The fraction of sp³-hybridized carbons (Fsp3) is 0.167. The highest BCUT2D eigenvalue weighted by atomic mass is 16.4. The third-order valence-electron chi connectivity index (χ3n) is 3.43. The van der Waals surface area contributed by atoms with Gasteiger partial charge in [0, 0.05) is 17.8 Å². The molecule has 0 fully saturated rings. The molecular formula is C18H16N2O3. The Balaban J connectivity index is 2.41. The van der Waals surface area contributed by atoms with E-state index in [1.54, 1.807) is 61.5 Å². The highest BCUT2D eigenvalue weighted by Crippen LogP contribution is 2.20. The first-order valence-electron chi connectivity index (χ1n) is 7.13. The van der Waals surface area contributed by atoms with Gasteiger partial charge in [0.05, 0.1) is 17.6 Å². The van der Waals surface area contributed by atoms with Crippen LogP contribution in [0.2, 0.25) is 0 Å². The molecule has 0 saturated carbocycles. The van der Waals surface area contributed by atoms with E-state index >= 15 is 0 Å². The van der Waals surface area contributed by atoms with E-state index in [0.717, 1.165) is 0 Å². The molecule has 23 heavy (non-hydrogen) atoms.